The minimum atomic E-state index is -0.0648. The summed E-state index contributed by atoms with van der Waals surface area (Å²) in [6.07, 6.45) is 0.301. The fourth-order valence-corrected chi connectivity index (χ4v) is 1.64. The molecule has 1 aliphatic rings. The van der Waals surface area contributed by atoms with Gasteiger partial charge in [0.25, 0.3) is 0 Å². The third-order valence-electron chi connectivity index (χ3n) is 2.64. The first-order chi connectivity index (χ1) is 8.74. The average Bonchev–Trinajstić information content (AvgIpc) is 2.84. The smallest absolute Gasteiger partial charge is 0.231 e. The van der Waals surface area contributed by atoms with Gasteiger partial charge in [-0.1, -0.05) is 0 Å². The summed E-state index contributed by atoms with van der Waals surface area (Å²) in [5.41, 5.74) is 6.48. The number of hydrogen-bond donors (Lipinski definition) is 2. The third-order valence-corrected chi connectivity index (χ3v) is 2.64. The Balaban J connectivity index is 2.05. The number of nitrogens with two attached hydrogens (primary N) is 1. The van der Waals surface area contributed by atoms with E-state index in [0.717, 1.165) is 5.56 Å². The summed E-state index contributed by atoms with van der Waals surface area (Å²) in [5, 5.41) is 2.53. The van der Waals surface area contributed by atoms with E-state index in [0.29, 0.717) is 36.8 Å². The van der Waals surface area contributed by atoms with E-state index in [-0.39, 0.29) is 12.7 Å². The summed E-state index contributed by atoms with van der Waals surface area (Å²) < 4.78 is 16.1. The van der Waals surface area contributed by atoms with Crippen LogP contribution in [0.15, 0.2) is 12.1 Å². The Labute approximate surface area is 105 Å². The maximum atomic E-state index is 11.1. The van der Waals surface area contributed by atoms with Gasteiger partial charge in [-0.05, 0) is 6.07 Å². The van der Waals surface area contributed by atoms with Crippen LogP contribution in [-0.4, -0.2) is 26.4 Å². The van der Waals surface area contributed by atoms with Crippen molar-refractivity contribution in [3.8, 4) is 17.2 Å². The number of rotatable bonds is 5. The van der Waals surface area contributed by atoms with Gasteiger partial charge < -0.3 is 25.3 Å². The van der Waals surface area contributed by atoms with E-state index in [9.17, 15) is 4.79 Å². The molecule has 2 rings (SSSR count). The molecule has 3 N–H and O–H groups in total. The normalized spacial score (nSPS) is 12.3. The van der Waals surface area contributed by atoms with Crippen molar-refractivity contribution in [1.82, 2.24) is 5.32 Å². The molecule has 0 spiro atoms. The lowest BCUT2D eigenvalue weighted by atomic mass is 10.2. The number of nitrogens with one attached hydrogen (secondary N) is 1. The molecule has 0 fully saturated rings. The Kier molecular flexibility index (Phi) is 3.88. The average molecular weight is 252 g/mol. The van der Waals surface area contributed by atoms with Crippen LogP contribution in [0.2, 0.25) is 0 Å². The second-order valence-corrected chi connectivity index (χ2v) is 3.79. The minimum Gasteiger partial charge on any atom is -0.493 e. The number of carbonyl (C=O) groups excluding carboxylic acids is 1. The van der Waals surface area contributed by atoms with Crippen molar-refractivity contribution in [3.63, 3.8) is 0 Å². The van der Waals surface area contributed by atoms with Crippen LogP contribution in [0.25, 0.3) is 0 Å². The van der Waals surface area contributed by atoms with Gasteiger partial charge in [-0.25, -0.2) is 0 Å². The van der Waals surface area contributed by atoms with Crippen molar-refractivity contribution < 1.29 is 19.0 Å². The Morgan fingerprint density at radius 1 is 1.44 bits per heavy atom. The molecule has 6 heteroatoms. The molecule has 98 valence electrons. The largest absolute Gasteiger partial charge is 0.493 e. The van der Waals surface area contributed by atoms with Crippen molar-refractivity contribution in [2.45, 2.75) is 13.0 Å². The van der Waals surface area contributed by atoms with Gasteiger partial charge in [0, 0.05) is 25.2 Å². The maximum Gasteiger partial charge on any atom is 0.231 e. The van der Waals surface area contributed by atoms with Crippen LogP contribution >= 0.6 is 0 Å². The van der Waals surface area contributed by atoms with Gasteiger partial charge in [-0.3, -0.25) is 4.79 Å². The highest BCUT2D eigenvalue weighted by Crippen LogP contribution is 2.37. The number of benzene rings is 1. The Bertz CT molecular complexity index is 448. The molecular weight excluding hydrogens is 236 g/mol. The molecule has 0 saturated carbocycles. The minimum absolute atomic E-state index is 0.0648. The van der Waals surface area contributed by atoms with Gasteiger partial charge in [-0.2, -0.15) is 0 Å². The fourth-order valence-electron chi connectivity index (χ4n) is 1.64. The SMILES string of the molecule is CNC(=O)CCOc1cc2c(cc1CN)OCO2. The van der Waals surface area contributed by atoms with Crippen LogP contribution in [0.5, 0.6) is 17.2 Å². The number of amides is 1. The summed E-state index contributed by atoms with van der Waals surface area (Å²) >= 11 is 0. The Morgan fingerprint density at radius 3 is 2.83 bits per heavy atom. The van der Waals surface area contributed by atoms with E-state index in [4.69, 9.17) is 19.9 Å². The van der Waals surface area contributed by atoms with Gasteiger partial charge >= 0.3 is 0 Å². The van der Waals surface area contributed by atoms with E-state index in [2.05, 4.69) is 5.32 Å². The second-order valence-electron chi connectivity index (χ2n) is 3.79. The first-order valence-electron chi connectivity index (χ1n) is 5.70. The zero-order chi connectivity index (χ0) is 13.0. The quantitative estimate of drug-likeness (QED) is 0.792. The van der Waals surface area contributed by atoms with Gasteiger partial charge in [0.15, 0.2) is 11.5 Å². The van der Waals surface area contributed by atoms with Crippen molar-refractivity contribution in [3.05, 3.63) is 17.7 Å². The van der Waals surface area contributed by atoms with Gasteiger partial charge in [0.05, 0.1) is 13.0 Å². The molecule has 6 nitrogen and oxygen atoms in total. The van der Waals surface area contributed by atoms with Crippen LogP contribution in [0, 0.1) is 0 Å². The van der Waals surface area contributed by atoms with Crippen LogP contribution in [0.1, 0.15) is 12.0 Å². The van der Waals surface area contributed by atoms with Crippen LogP contribution in [0.4, 0.5) is 0 Å². The van der Waals surface area contributed by atoms with Crippen LogP contribution in [-0.2, 0) is 11.3 Å². The first kappa shape index (κ1) is 12.5. The van der Waals surface area contributed by atoms with E-state index in [1.54, 1.807) is 19.2 Å². The molecule has 18 heavy (non-hydrogen) atoms. The van der Waals surface area contributed by atoms with Crippen molar-refractivity contribution >= 4 is 5.91 Å². The first-order valence-corrected chi connectivity index (χ1v) is 5.70. The molecule has 0 atom stereocenters. The lowest BCUT2D eigenvalue weighted by Gasteiger charge is -2.11. The van der Waals surface area contributed by atoms with E-state index in [1.165, 1.54) is 0 Å². The third kappa shape index (κ3) is 2.65. The molecule has 0 unspecified atom stereocenters. The molecule has 1 amide bonds. The molecule has 0 aromatic heterocycles. The number of fused-ring (bicyclic) bond motifs is 1. The molecule has 1 aliphatic heterocycles. The number of ether oxygens (including phenoxy) is 3. The van der Waals surface area contributed by atoms with Gasteiger partial charge in [0.2, 0.25) is 12.7 Å². The zero-order valence-corrected chi connectivity index (χ0v) is 10.2. The monoisotopic (exact) mass is 252 g/mol. The summed E-state index contributed by atoms with van der Waals surface area (Å²) in [5.74, 6) is 1.88. The predicted octanol–water partition coefficient (Wildman–Crippen LogP) is 0.389. The van der Waals surface area contributed by atoms with E-state index in [1.807, 2.05) is 0 Å². The molecule has 1 aromatic rings. The van der Waals surface area contributed by atoms with Gasteiger partial charge in [0.1, 0.15) is 5.75 Å². The summed E-state index contributed by atoms with van der Waals surface area (Å²) in [7, 11) is 1.59. The summed E-state index contributed by atoms with van der Waals surface area (Å²) in [4.78, 5) is 11.1. The molecule has 0 saturated heterocycles. The Hall–Kier alpha value is -1.95. The summed E-state index contributed by atoms with van der Waals surface area (Å²) in [6.45, 7) is 0.847. The van der Waals surface area contributed by atoms with Crippen LogP contribution < -0.4 is 25.3 Å². The number of carbonyl (C=O) groups is 1. The van der Waals surface area contributed by atoms with Crippen molar-refractivity contribution in [2.75, 3.05) is 20.4 Å². The molecule has 0 radical (unpaired) electrons. The van der Waals surface area contributed by atoms with Gasteiger partial charge in [-0.15, -0.1) is 0 Å². The number of hydrogen-bond acceptors (Lipinski definition) is 5. The molecule has 0 aliphatic carbocycles. The topological polar surface area (TPSA) is 82.8 Å². The predicted molar refractivity (Wildman–Crippen MR) is 64.6 cm³/mol. The highest BCUT2D eigenvalue weighted by molar-refractivity contribution is 5.75. The van der Waals surface area contributed by atoms with Crippen LogP contribution in [0.3, 0.4) is 0 Å². The van der Waals surface area contributed by atoms with Crippen molar-refractivity contribution in [2.24, 2.45) is 5.73 Å². The Morgan fingerprint density at radius 2 is 2.17 bits per heavy atom. The molecule has 1 heterocycles. The standard InChI is InChI=1S/C12H16N2O4/c1-14-12(15)2-3-16-9-5-11-10(17-7-18-11)4-8(9)6-13/h4-5H,2-3,6-7,13H2,1H3,(H,14,15). The maximum absolute atomic E-state index is 11.1. The fraction of sp³-hybridized carbons (Fsp3) is 0.417. The van der Waals surface area contributed by atoms with Crippen molar-refractivity contribution in [1.29, 1.82) is 0 Å². The van der Waals surface area contributed by atoms with E-state index >= 15 is 0 Å². The van der Waals surface area contributed by atoms with E-state index < -0.39 is 0 Å². The highest BCUT2D eigenvalue weighted by Gasteiger charge is 2.17. The molecule has 0 bridgehead atoms. The lowest BCUT2D eigenvalue weighted by Crippen LogP contribution is -2.20. The molecule has 1 aromatic carbocycles. The molecular formula is C12H16N2O4. The highest BCUT2D eigenvalue weighted by atomic mass is 16.7. The zero-order valence-electron chi connectivity index (χ0n) is 10.2. The second kappa shape index (κ2) is 5.59. The summed E-state index contributed by atoms with van der Waals surface area (Å²) in [6, 6.07) is 3.55. The lowest BCUT2D eigenvalue weighted by molar-refractivity contribution is -0.121.